The normalized spacial score (nSPS) is 22.2. The first-order valence-electron chi connectivity index (χ1n) is 8.54. The highest BCUT2D eigenvalue weighted by Gasteiger charge is 2.41. The van der Waals surface area contributed by atoms with Crippen LogP contribution in [0.15, 0.2) is 12.1 Å². The van der Waals surface area contributed by atoms with E-state index in [1.807, 2.05) is 6.92 Å². The van der Waals surface area contributed by atoms with Crippen molar-refractivity contribution < 1.29 is 22.7 Å². The zero-order valence-corrected chi connectivity index (χ0v) is 14.1. The number of carbonyl (C=O) groups is 1. The molecule has 0 radical (unpaired) electrons. The van der Waals surface area contributed by atoms with Gasteiger partial charge in [0.2, 0.25) is 5.92 Å². The summed E-state index contributed by atoms with van der Waals surface area (Å²) in [6.07, 6.45) is 2.55. The first kappa shape index (κ1) is 17.3. The summed E-state index contributed by atoms with van der Waals surface area (Å²) < 4.78 is 46.7. The molecule has 3 rings (SSSR count). The van der Waals surface area contributed by atoms with Gasteiger partial charge in [0.15, 0.2) is 5.78 Å². The average molecular weight is 340 g/mol. The fourth-order valence-corrected chi connectivity index (χ4v) is 3.30. The molecular formula is C19H23F3O2. The van der Waals surface area contributed by atoms with Crippen LogP contribution in [0.2, 0.25) is 0 Å². The van der Waals surface area contributed by atoms with Gasteiger partial charge in [0.25, 0.3) is 0 Å². The average Bonchev–Trinajstić information content (AvgIpc) is 3.33. The summed E-state index contributed by atoms with van der Waals surface area (Å²) in [6.45, 7) is 3.58. The summed E-state index contributed by atoms with van der Waals surface area (Å²) in [5.74, 6) is -2.70. The molecule has 0 aromatic heterocycles. The van der Waals surface area contributed by atoms with Gasteiger partial charge in [-0.05, 0) is 50.2 Å². The van der Waals surface area contributed by atoms with Crippen molar-refractivity contribution in [3.63, 3.8) is 0 Å². The Labute approximate surface area is 140 Å². The number of halogens is 3. The van der Waals surface area contributed by atoms with E-state index >= 15 is 0 Å². The number of rotatable bonds is 5. The van der Waals surface area contributed by atoms with Gasteiger partial charge in [-0.15, -0.1) is 0 Å². The van der Waals surface area contributed by atoms with Crippen LogP contribution < -0.4 is 4.74 Å². The minimum Gasteiger partial charge on any atom is -0.493 e. The monoisotopic (exact) mass is 340 g/mol. The molecule has 0 unspecified atom stereocenters. The van der Waals surface area contributed by atoms with Crippen LogP contribution in [0.1, 0.15) is 74.2 Å². The van der Waals surface area contributed by atoms with Crippen molar-refractivity contribution in [2.24, 2.45) is 5.41 Å². The van der Waals surface area contributed by atoms with Gasteiger partial charge in [0.1, 0.15) is 11.6 Å². The first-order valence-corrected chi connectivity index (χ1v) is 8.54. The molecule has 0 aliphatic heterocycles. The molecule has 2 aliphatic carbocycles. The molecule has 0 saturated heterocycles. The maximum atomic E-state index is 14.1. The number of alkyl halides is 2. The van der Waals surface area contributed by atoms with Gasteiger partial charge >= 0.3 is 0 Å². The molecule has 24 heavy (non-hydrogen) atoms. The molecule has 2 fully saturated rings. The molecule has 0 atom stereocenters. The van der Waals surface area contributed by atoms with Crippen molar-refractivity contribution in [3.8, 4) is 5.75 Å². The number of hydrogen-bond acceptors (Lipinski definition) is 2. The lowest BCUT2D eigenvalue weighted by atomic mass is 9.75. The molecule has 0 amide bonds. The highest BCUT2D eigenvalue weighted by atomic mass is 19.3. The Morgan fingerprint density at radius 2 is 1.83 bits per heavy atom. The maximum absolute atomic E-state index is 14.1. The molecule has 0 heterocycles. The second-order valence-electron chi connectivity index (χ2n) is 7.66. The van der Waals surface area contributed by atoms with Crippen molar-refractivity contribution >= 4 is 5.78 Å². The van der Waals surface area contributed by atoms with Crippen LogP contribution in [0, 0.1) is 11.2 Å². The van der Waals surface area contributed by atoms with Crippen LogP contribution in [-0.2, 0) is 0 Å². The predicted molar refractivity (Wildman–Crippen MR) is 85.4 cm³/mol. The number of hydrogen-bond donors (Lipinski definition) is 0. The molecule has 1 aromatic carbocycles. The highest BCUT2D eigenvalue weighted by molar-refractivity contribution is 5.94. The zero-order valence-electron chi connectivity index (χ0n) is 14.1. The van der Waals surface area contributed by atoms with E-state index in [4.69, 9.17) is 4.74 Å². The number of ether oxygens (including phenoxy) is 1. The molecule has 2 saturated carbocycles. The second kappa shape index (κ2) is 6.08. The van der Waals surface area contributed by atoms with E-state index in [9.17, 15) is 18.0 Å². The lowest BCUT2D eigenvalue weighted by Gasteiger charge is -2.37. The summed E-state index contributed by atoms with van der Waals surface area (Å²) in [5.41, 5.74) is 0.636. The lowest BCUT2D eigenvalue weighted by molar-refractivity contribution is -0.0712. The summed E-state index contributed by atoms with van der Waals surface area (Å²) in [6, 6.07) is 2.88. The van der Waals surface area contributed by atoms with Crippen LogP contribution in [0.4, 0.5) is 13.2 Å². The van der Waals surface area contributed by atoms with Crippen LogP contribution in [-0.4, -0.2) is 18.3 Å². The topological polar surface area (TPSA) is 26.3 Å². The van der Waals surface area contributed by atoms with Crippen LogP contribution in [0.25, 0.3) is 0 Å². The molecule has 0 spiro atoms. The van der Waals surface area contributed by atoms with Gasteiger partial charge in [0.05, 0.1) is 12.2 Å². The number of Topliss-reactive ketones (excluding diaryl/α,β-unsaturated/α-hetero) is 1. The minimum absolute atomic E-state index is 0.0905. The molecule has 1 aromatic rings. The Bertz CT molecular complexity index is 640. The van der Waals surface area contributed by atoms with Crippen LogP contribution in [0.5, 0.6) is 5.75 Å². The number of benzene rings is 1. The Morgan fingerprint density at radius 1 is 1.21 bits per heavy atom. The van der Waals surface area contributed by atoms with Gasteiger partial charge in [-0.2, -0.15) is 0 Å². The quantitative estimate of drug-likeness (QED) is 0.662. The predicted octanol–water partition coefficient (Wildman–Crippen LogP) is 5.50. The molecule has 2 nitrogen and oxygen atoms in total. The molecular weight excluding hydrogens is 317 g/mol. The Kier molecular flexibility index (Phi) is 4.39. The van der Waals surface area contributed by atoms with Crippen molar-refractivity contribution in [3.05, 3.63) is 29.1 Å². The molecule has 0 bridgehead atoms. The van der Waals surface area contributed by atoms with Crippen LogP contribution in [0.3, 0.4) is 0 Å². The third kappa shape index (κ3) is 3.76. The molecule has 0 N–H and O–H groups in total. The van der Waals surface area contributed by atoms with Gasteiger partial charge in [-0.3, -0.25) is 4.79 Å². The summed E-state index contributed by atoms with van der Waals surface area (Å²) in [4.78, 5) is 11.5. The van der Waals surface area contributed by atoms with E-state index in [0.717, 1.165) is 18.4 Å². The standard InChI is InChI=1S/C19H23F3O2/c1-12(23)14-9-15(13-3-4-13)17(10-16(14)20)24-11-18(2)5-7-19(21,22)8-6-18/h9-10,13H,3-8,11H2,1-2H3. The Balaban J connectivity index is 1.75. The lowest BCUT2D eigenvalue weighted by Crippen LogP contribution is -2.35. The van der Waals surface area contributed by atoms with Gasteiger partial charge in [-0.25, -0.2) is 13.2 Å². The highest BCUT2D eigenvalue weighted by Crippen LogP contribution is 2.47. The Hall–Kier alpha value is -1.52. The summed E-state index contributed by atoms with van der Waals surface area (Å²) >= 11 is 0. The zero-order chi connectivity index (χ0) is 17.5. The summed E-state index contributed by atoms with van der Waals surface area (Å²) in [7, 11) is 0. The fourth-order valence-electron chi connectivity index (χ4n) is 3.30. The fraction of sp³-hybridized carbons (Fsp3) is 0.632. The van der Waals surface area contributed by atoms with E-state index in [1.165, 1.54) is 13.0 Å². The van der Waals surface area contributed by atoms with Crippen molar-refractivity contribution in [2.45, 2.75) is 64.2 Å². The minimum atomic E-state index is -2.58. The molecule has 5 heteroatoms. The van der Waals surface area contributed by atoms with Gasteiger partial charge in [0, 0.05) is 24.3 Å². The van der Waals surface area contributed by atoms with E-state index in [-0.39, 0.29) is 29.6 Å². The maximum Gasteiger partial charge on any atom is 0.248 e. The van der Waals surface area contributed by atoms with Crippen molar-refractivity contribution in [1.82, 2.24) is 0 Å². The molecule has 2 aliphatic rings. The third-order valence-electron chi connectivity index (χ3n) is 5.26. The van der Waals surface area contributed by atoms with Crippen molar-refractivity contribution in [1.29, 1.82) is 0 Å². The SMILES string of the molecule is CC(=O)c1cc(C2CC2)c(OCC2(C)CCC(F)(F)CC2)cc1F. The van der Waals surface area contributed by atoms with Crippen LogP contribution >= 0.6 is 0 Å². The number of carbonyl (C=O) groups excluding carboxylic acids is 1. The van der Waals surface area contributed by atoms with E-state index in [2.05, 4.69) is 0 Å². The van der Waals surface area contributed by atoms with Crippen molar-refractivity contribution in [2.75, 3.05) is 6.61 Å². The van der Waals surface area contributed by atoms with E-state index < -0.39 is 11.7 Å². The molecule has 132 valence electrons. The van der Waals surface area contributed by atoms with Gasteiger partial charge < -0.3 is 4.74 Å². The smallest absolute Gasteiger partial charge is 0.248 e. The van der Waals surface area contributed by atoms with E-state index in [0.29, 0.717) is 31.1 Å². The number of ketones is 1. The second-order valence-corrected chi connectivity index (χ2v) is 7.66. The summed E-state index contributed by atoms with van der Waals surface area (Å²) in [5, 5.41) is 0. The largest absolute Gasteiger partial charge is 0.493 e. The van der Waals surface area contributed by atoms with E-state index in [1.54, 1.807) is 6.07 Å². The van der Waals surface area contributed by atoms with Gasteiger partial charge in [-0.1, -0.05) is 6.92 Å². The first-order chi connectivity index (χ1) is 11.2. The Morgan fingerprint density at radius 3 is 2.38 bits per heavy atom. The third-order valence-corrected chi connectivity index (χ3v) is 5.26.